The highest BCUT2D eigenvalue weighted by molar-refractivity contribution is 9.10. The fourth-order valence-electron chi connectivity index (χ4n) is 1.48. The SMILES string of the molecule is CCOc1ncnc(Nc2ccc(Br)c(Cl)c2Cl)c1N. The zero-order chi connectivity index (χ0) is 14.7. The van der Waals surface area contributed by atoms with E-state index in [2.05, 4.69) is 31.2 Å². The van der Waals surface area contributed by atoms with Crippen LogP contribution in [0.3, 0.4) is 0 Å². The van der Waals surface area contributed by atoms with Crippen molar-refractivity contribution in [2.45, 2.75) is 6.92 Å². The van der Waals surface area contributed by atoms with Gasteiger partial charge in [0, 0.05) is 4.47 Å². The summed E-state index contributed by atoms with van der Waals surface area (Å²) in [5.41, 5.74) is 6.84. The van der Waals surface area contributed by atoms with E-state index >= 15 is 0 Å². The number of hydrogen-bond donors (Lipinski definition) is 2. The van der Waals surface area contributed by atoms with Crippen LogP contribution in [0.4, 0.5) is 17.2 Å². The average molecular weight is 378 g/mol. The van der Waals surface area contributed by atoms with Gasteiger partial charge in [-0.2, -0.15) is 4.98 Å². The summed E-state index contributed by atoms with van der Waals surface area (Å²) in [6.07, 6.45) is 1.36. The molecule has 2 aromatic rings. The molecule has 20 heavy (non-hydrogen) atoms. The maximum atomic E-state index is 6.16. The molecule has 0 saturated carbocycles. The molecule has 0 saturated heterocycles. The predicted octanol–water partition coefficient (Wildman–Crippen LogP) is 4.27. The summed E-state index contributed by atoms with van der Waals surface area (Å²) >= 11 is 15.5. The van der Waals surface area contributed by atoms with Crippen LogP contribution in [0.2, 0.25) is 10.0 Å². The van der Waals surface area contributed by atoms with E-state index in [1.807, 2.05) is 6.92 Å². The topological polar surface area (TPSA) is 73.1 Å². The number of nitrogens with zero attached hydrogens (tertiary/aromatic N) is 2. The highest BCUT2D eigenvalue weighted by Gasteiger charge is 2.13. The number of nitrogens with one attached hydrogen (secondary N) is 1. The molecule has 2 rings (SSSR count). The summed E-state index contributed by atoms with van der Waals surface area (Å²) in [7, 11) is 0. The molecule has 1 aromatic carbocycles. The van der Waals surface area contributed by atoms with Crippen LogP contribution in [0.1, 0.15) is 6.92 Å². The summed E-state index contributed by atoms with van der Waals surface area (Å²) in [5, 5.41) is 3.80. The van der Waals surface area contributed by atoms with Crippen LogP contribution in [0.25, 0.3) is 0 Å². The van der Waals surface area contributed by atoms with Crippen LogP contribution in [-0.4, -0.2) is 16.6 Å². The molecule has 0 aliphatic heterocycles. The van der Waals surface area contributed by atoms with Gasteiger partial charge in [-0.3, -0.25) is 0 Å². The Hall–Kier alpha value is -1.24. The minimum atomic E-state index is 0.310. The minimum absolute atomic E-state index is 0.310. The van der Waals surface area contributed by atoms with Crippen molar-refractivity contribution in [2.24, 2.45) is 0 Å². The van der Waals surface area contributed by atoms with Crippen LogP contribution < -0.4 is 15.8 Å². The van der Waals surface area contributed by atoms with Crippen molar-refractivity contribution in [2.75, 3.05) is 17.7 Å². The molecule has 0 unspecified atom stereocenters. The number of aromatic nitrogens is 2. The standard InChI is InChI=1S/C12H11BrCl2N4O/c1-2-20-12-10(16)11(17-5-18-12)19-7-4-3-6(13)8(14)9(7)15/h3-5H,2,16H2,1H3,(H,17,18,19). The lowest BCUT2D eigenvalue weighted by Gasteiger charge is -2.13. The lowest BCUT2D eigenvalue weighted by atomic mass is 10.3. The van der Waals surface area contributed by atoms with Crippen molar-refractivity contribution >= 4 is 56.3 Å². The summed E-state index contributed by atoms with van der Waals surface area (Å²) in [6, 6.07) is 3.54. The number of nitrogen functional groups attached to an aromatic ring is 1. The van der Waals surface area contributed by atoms with Crippen LogP contribution >= 0.6 is 39.1 Å². The summed E-state index contributed by atoms with van der Waals surface area (Å²) in [4.78, 5) is 8.03. The van der Waals surface area contributed by atoms with E-state index in [4.69, 9.17) is 33.7 Å². The molecule has 0 aliphatic carbocycles. The van der Waals surface area contributed by atoms with Crippen LogP contribution in [0.15, 0.2) is 22.9 Å². The van der Waals surface area contributed by atoms with Gasteiger partial charge in [-0.05, 0) is 35.0 Å². The van der Waals surface area contributed by atoms with Crippen LogP contribution in [0.5, 0.6) is 5.88 Å². The highest BCUT2D eigenvalue weighted by atomic mass is 79.9. The number of benzene rings is 1. The van der Waals surface area contributed by atoms with Gasteiger partial charge in [0.15, 0.2) is 5.82 Å². The van der Waals surface area contributed by atoms with Crippen molar-refractivity contribution in [3.63, 3.8) is 0 Å². The third-order valence-corrected chi connectivity index (χ3v) is 4.19. The Balaban J connectivity index is 2.36. The molecule has 0 amide bonds. The summed E-state index contributed by atoms with van der Waals surface area (Å²) in [6.45, 7) is 2.31. The van der Waals surface area contributed by atoms with E-state index in [0.717, 1.165) is 0 Å². The first-order valence-electron chi connectivity index (χ1n) is 5.68. The highest BCUT2D eigenvalue weighted by Crippen LogP contribution is 2.38. The van der Waals surface area contributed by atoms with Gasteiger partial charge >= 0.3 is 0 Å². The first-order chi connectivity index (χ1) is 9.54. The molecule has 1 aromatic heterocycles. The fraction of sp³-hybridized carbons (Fsp3) is 0.167. The van der Waals surface area contributed by atoms with Crippen molar-refractivity contribution < 1.29 is 4.74 Å². The normalized spacial score (nSPS) is 10.4. The van der Waals surface area contributed by atoms with Crippen LogP contribution in [0, 0.1) is 0 Å². The zero-order valence-corrected chi connectivity index (χ0v) is 13.6. The Labute approximate surface area is 134 Å². The number of halogens is 3. The first kappa shape index (κ1) is 15.2. The monoisotopic (exact) mass is 376 g/mol. The van der Waals surface area contributed by atoms with Gasteiger partial charge in [0.2, 0.25) is 5.88 Å². The quantitative estimate of drug-likeness (QED) is 0.778. The number of anilines is 3. The minimum Gasteiger partial charge on any atom is -0.476 e. The molecule has 0 radical (unpaired) electrons. The van der Waals surface area contributed by atoms with Crippen molar-refractivity contribution in [3.05, 3.63) is 33.0 Å². The second kappa shape index (κ2) is 6.47. The average Bonchev–Trinajstić information content (AvgIpc) is 2.44. The lowest BCUT2D eigenvalue weighted by molar-refractivity contribution is 0.328. The van der Waals surface area contributed by atoms with E-state index in [0.29, 0.717) is 44.2 Å². The van der Waals surface area contributed by atoms with Gasteiger partial charge in [0.25, 0.3) is 0 Å². The maximum Gasteiger partial charge on any atom is 0.242 e. The van der Waals surface area contributed by atoms with Crippen molar-refractivity contribution in [3.8, 4) is 5.88 Å². The third-order valence-electron chi connectivity index (χ3n) is 2.42. The molecule has 8 heteroatoms. The van der Waals surface area contributed by atoms with E-state index in [-0.39, 0.29) is 0 Å². The molecule has 0 aliphatic rings. The number of nitrogens with two attached hydrogens (primary N) is 1. The Bertz CT molecular complexity index is 639. The smallest absolute Gasteiger partial charge is 0.242 e. The van der Waals surface area contributed by atoms with E-state index in [9.17, 15) is 0 Å². The first-order valence-corrected chi connectivity index (χ1v) is 7.23. The molecule has 5 nitrogen and oxygen atoms in total. The summed E-state index contributed by atoms with van der Waals surface area (Å²) in [5.74, 6) is 0.730. The molecule has 3 N–H and O–H groups in total. The Morgan fingerprint density at radius 2 is 2.05 bits per heavy atom. The molecule has 0 spiro atoms. The fourth-order valence-corrected chi connectivity index (χ4v) is 2.30. The zero-order valence-electron chi connectivity index (χ0n) is 10.5. The van der Waals surface area contributed by atoms with Gasteiger partial charge in [0.05, 0.1) is 22.3 Å². The molecule has 0 atom stereocenters. The molecular weight excluding hydrogens is 367 g/mol. The molecule has 106 valence electrons. The second-order valence-electron chi connectivity index (χ2n) is 3.72. The molecular formula is C12H11BrCl2N4O. The maximum absolute atomic E-state index is 6.16. The largest absolute Gasteiger partial charge is 0.476 e. The number of rotatable bonds is 4. The lowest BCUT2D eigenvalue weighted by Crippen LogP contribution is -2.05. The van der Waals surface area contributed by atoms with Gasteiger partial charge < -0.3 is 15.8 Å². The second-order valence-corrected chi connectivity index (χ2v) is 5.33. The van der Waals surface area contributed by atoms with Gasteiger partial charge in [-0.1, -0.05) is 23.2 Å². The van der Waals surface area contributed by atoms with Gasteiger partial charge in [-0.15, -0.1) is 0 Å². The molecule has 1 heterocycles. The number of hydrogen-bond acceptors (Lipinski definition) is 5. The third kappa shape index (κ3) is 3.08. The van der Waals surface area contributed by atoms with Crippen LogP contribution in [-0.2, 0) is 0 Å². The summed E-state index contributed by atoms with van der Waals surface area (Å²) < 4.78 is 6.01. The Kier molecular flexibility index (Phi) is 4.91. The van der Waals surface area contributed by atoms with Gasteiger partial charge in [-0.25, -0.2) is 4.98 Å². The molecule has 0 fully saturated rings. The predicted molar refractivity (Wildman–Crippen MR) is 85.1 cm³/mol. The van der Waals surface area contributed by atoms with E-state index < -0.39 is 0 Å². The van der Waals surface area contributed by atoms with Crippen molar-refractivity contribution in [1.82, 2.24) is 9.97 Å². The Morgan fingerprint density at radius 3 is 2.75 bits per heavy atom. The van der Waals surface area contributed by atoms with Gasteiger partial charge in [0.1, 0.15) is 12.0 Å². The molecule has 0 bridgehead atoms. The van der Waals surface area contributed by atoms with E-state index in [1.165, 1.54) is 6.33 Å². The van der Waals surface area contributed by atoms with E-state index in [1.54, 1.807) is 12.1 Å². The Morgan fingerprint density at radius 1 is 1.30 bits per heavy atom. The number of ether oxygens (including phenoxy) is 1. The van der Waals surface area contributed by atoms with Crippen molar-refractivity contribution in [1.29, 1.82) is 0 Å².